The molecular formula is C17H20N4O3S. The standard InChI is InChI=1S/C17H20N4O3S/c1-12-5-6-13(2)14(9-12)11-24-21-17-10-15(25(22,23)20(3)4)7-8-16(17)18-19-21/h5-10H,11H2,1-4H3. The van der Waals surface area contributed by atoms with Crippen LogP contribution in [-0.4, -0.2) is 42.0 Å². The summed E-state index contributed by atoms with van der Waals surface area (Å²) in [7, 11) is -0.549. The minimum atomic E-state index is -3.53. The van der Waals surface area contributed by atoms with Crippen LogP contribution in [0.3, 0.4) is 0 Å². The highest BCUT2D eigenvalue weighted by molar-refractivity contribution is 7.89. The van der Waals surface area contributed by atoms with Crippen LogP contribution in [0, 0.1) is 13.8 Å². The Morgan fingerprint density at radius 2 is 1.88 bits per heavy atom. The second kappa shape index (κ2) is 6.45. The van der Waals surface area contributed by atoms with Crippen LogP contribution in [0.2, 0.25) is 0 Å². The molecule has 1 heterocycles. The highest BCUT2D eigenvalue weighted by atomic mass is 32.2. The van der Waals surface area contributed by atoms with Gasteiger partial charge in [-0.3, -0.25) is 0 Å². The van der Waals surface area contributed by atoms with Crippen molar-refractivity contribution in [2.45, 2.75) is 25.3 Å². The average molecular weight is 360 g/mol. The fourth-order valence-electron chi connectivity index (χ4n) is 2.43. The number of hydrogen-bond donors (Lipinski definition) is 0. The summed E-state index contributed by atoms with van der Waals surface area (Å²) in [6.07, 6.45) is 0. The van der Waals surface area contributed by atoms with Crippen LogP contribution in [0.1, 0.15) is 16.7 Å². The lowest BCUT2D eigenvalue weighted by molar-refractivity contribution is 0.0748. The smallest absolute Gasteiger partial charge is 0.242 e. The van der Waals surface area contributed by atoms with Gasteiger partial charge in [0.15, 0.2) is 0 Å². The summed E-state index contributed by atoms with van der Waals surface area (Å²) in [6.45, 7) is 4.35. The molecule has 0 amide bonds. The van der Waals surface area contributed by atoms with Gasteiger partial charge in [-0.2, -0.15) is 0 Å². The summed E-state index contributed by atoms with van der Waals surface area (Å²) in [5, 5.41) is 7.98. The van der Waals surface area contributed by atoms with E-state index in [1.165, 1.54) is 35.4 Å². The van der Waals surface area contributed by atoms with Crippen molar-refractivity contribution < 1.29 is 13.3 Å². The molecule has 7 nitrogen and oxygen atoms in total. The fourth-order valence-corrected chi connectivity index (χ4v) is 3.35. The van der Waals surface area contributed by atoms with Gasteiger partial charge < -0.3 is 4.84 Å². The molecule has 0 bridgehead atoms. The van der Waals surface area contributed by atoms with Gasteiger partial charge in [0.05, 0.1) is 4.90 Å². The maximum atomic E-state index is 12.3. The number of aromatic nitrogens is 3. The molecule has 2 aromatic carbocycles. The first kappa shape index (κ1) is 17.4. The van der Waals surface area contributed by atoms with Gasteiger partial charge in [-0.15, -0.1) is 5.10 Å². The molecule has 3 rings (SSSR count). The first-order chi connectivity index (χ1) is 11.8. The lowest BCUT2D eigenvalue weighted by Gasteiger charge is -2.12. The zero-order valence-corrected chi connectivity index (χ0v) is 15.4. The third kappa shape index (κ3) is 3.35. The third-order valence-electron chi connectivity index (χ3n) is 4.01. The van der Waals surface area contributed by atoms with E-state index in [1.54, 1.807) is 6.07 Å². The van der Waals surface area contributed by atoms with E-state index >= 15 is 0 Å². The zero-order chi connectivity index (χ0) is 18.2. The van der Waals surface area contributed by atoms with E-state index in [-0.39, 0.29) is 4.90 Å². The molecule has 0 atom stereocenters. The Kier molecular flexibility index (Phi) is 4.49. The van der Waals surface area contributed by atoms with E-state index in [0.717, 1.165) is 16.7 Å². The quantitative estimate of drug-likeness (QED) is 0.695. The molecule has 132 valence electrons. The van der Waals surface area contributed by atoms with Crippen LogP contribution in [0.4, 0.5) is 0 Å². The monoisotopic (exact) mass is 360 g/mol. The molecule has 3 aromatic rings. The van der Waals surface area contributed by atoms with Gasteiger partial charge in [0.1, 0.15) is 17.6 Å². The minimum absolute atomic E-state index is 0.170. The maximum absolute atomic E-state index is 12.3. The molecule has 1 aromatic heterocycles. The number of benzene rings is 2. The van der Waals surface area contributed by atoms with E-state index in [0.29, 0.717) is 17.6 Å². The van der Waals surface area contributed by atoms with Gasteiger partial charge in [-0.05, 0) is 48.4 Å². The SMILES string of the molecule is Cc1ccc(C)c(COn2nnc3ccc(S(=O)(=O)N(C)C)cc32)c1. The summed E-state index contributed by atoms with van der Waals surface area (Å²) in [5.41, 5.74) is 4.38. The molecule has 0 saturated carbocycles. The van der Waals surface area contributed by atoms with Crippen LogP contribution in [-0.2, 0) is 16.6 Å². The summed E-state index contributed by atoms with van der Waals surface area (Å²) < 4.78 is 25.8. The van der Waals surface area contributed by atoms with Crippen molar-refractivity contribution in [2.75, 3.05) is 14.1 Å². The predicted octanol–water partition coefficient (Wildman–Crippen LogP) is 1.93. The zero-order valence-electron chi connectivity index (χ0n) is 14.6. The normalized spacial score (nSPS) is 12.0. The van der Waals surface area contributed by atoms with E-state index < -0.39 is 10.0 Å². The molecular weight excluding hydrogens is 340 g/mol. The van der Waals surface area contributed by atoms with Crippen molar-refractivity contribution in [1.29, 1.82) is 0 Å². The molecule has 0 N–H and O–H groups in total. The second-order valence-electron chi connectivity index (χ2n) is 6.10. The van der Waals surface area contributed by atoms with Gasteiger partial charge in [0.2, 0.25) is 10.0 Å². The molecule has 0 unspecified atom stereocenters. The molecule has 0 radical (unpaired) electrons. The summed E-state index contributed by atoms with van der Waals surface area (Å²) in [5.74, 6) is 0. The molecule has 0 saturated heterocycles. The first-order valence-electron chi connectivity index (χ1n) is 7.76. The van der Waals surface area contributed by atoms with Crippen LogP contribution >= 0.6 is 0 Å². The van der Waals surface area contributed by atoms with Gasteiger partial charge in [0.25, 0.3) is 0 Å². The van der Waals surface area contributed by atoms with E-state index in [1.807, 2.05) is 26.0 Å². The maximum Gasteiger partial charge on any atom is 0.242 e. The lowest BCUT2D eigenvalue weighted by atomic mass is 10.1. The Labute approximate surface area is 146 Å². The number of hydrogen-bond acceptors (Lipinski definition) is 5. The van der Waals surface area contributed by atoms with E-state index in [9.17, 15) is 8.42 Å². The number of rotatable bonds is 5. The molecule has 0 spiro atoms. The van der Waals surface area contributed by atoms with Crippen molar-refractivity contribution in [1.82, 2.24) is 19.5 Å². The molecule has 0 fully saturated rings. The van der Waals surface area contributed by atoms with Crippen LogP contribution in [0.15, 0.2) is 41.3 Å². The lowest BCUT2D eigenvalue weighted by Crippen LogP contribution is -2.22. The first-order valence-corrected chi connectivity index (χ1v) is 9.20. The topological polar surface area (TPSA) is 77.3 Å². The van der Waals surface area contributed by atoms with Crippen molar-refractivity contribution in [3.8, 4) is 0 Å². The minimum Gasteiger partial charge on any atom is -0.390 e. The number of aryl methyl sites for hydroxylation is 2. The van der Waals surface area contributed by atoms with Crippen molar-refractivity contribution >= 4 is 21.1 Å². The largest absolute Gasteiger partial charge is 0.390 e. The van der Waals surface area contributed by atoms with E-state index in [2.05, 4.69) is 16.4 Å². The third-order valence-corrected chi connectivity index (χ3v) is 5.82. The molecule has 8 heteroatoms. The van der Waals surface area contributed by atoms with Crippen LogP contribution in [0.5, 0.6) is 0 Å². The van der Waals surface area contributed by atoms with Gasteiger partial charge in [-0.1, -0.05) is 28.6 Å². The Morgan fingerprint density at radius 1 is 1.12 bits per heavy atom. The van der Waals surface area contributed by atoms with Crippen molar-refractivity contribution in [2.24, 2.45) is 0 Å². The van der Waals surface area contributed by atoms with Gasteiger partial charge in [-0.25, -0.2) is 12.7 Å². The summed E-state index contributed by atoms with van der Waals surface area (Å²) >= 11 is 0. The summed E-state index contributed by atoms with van der Waals surface area (Å²) in [4.78, 5) is 7.18. The Bertz CT molecular complexity index is 1030. The van der Waals surface area contributed by atoms with Gasteiger partial charge in [0, 0.05) is 14.1 Å². The van der Waals surface area contributed by atoms with Crippen LogP contribution < -0.4 is 4.84 Å². The number of nitrogens with zero attached hydrogens (tertiary/aromatic N) is 4. The van der Waals surface area contributed by atoms with Crippen molar-refractivity contribution in [3.05, 3.63) is 53.1 Å². The van der Waals surface area contributed by atoms with Crippen LogP contribution in [0.25, 0.3) is 11.0 Å². The highest BCUT2D eigenvalue weighted by Crippen LogP contribution is 2.19. The Morgan fingerprint density at radius 3 is 2.60 bits per heavy atom. The summed E-state index contributed by atoms with van der Waals surface area (Å²) in [6, 6.07) is 10.8. The molecule has 0 aliphatic carbocycles. The van der Waals surface area contributed by atoms with E-state index in [4.69, 9.17) is 4.84 Å². The Hall–Kier alpha value is -2.45. The number of fused-ring (bicyclic) bond motifs is 1. The van der Waals surface area contributed by atoms with Gasteiger partial charge >= 0.3 is 0 Å². The Balaban J connectivity index is 1.93. The molecule has 0 aliphatic heterocycles. The number of sulfonamides is 1. The van der Waals surface area contributed by atoms with Crippen molar-refractivity contribution in [3.63, 3.8) is 0 Å². The fraction of sp³-hybridized carbons (Fsp3) is 0.294. The highest BCUT2D eigenvalue weighted by Gasteiger charge is 2.19. The molecule has 25 heavy (non-hydrogen) atoms. The second-order valence-corrected chi connectivity index (χ2v) is 8.26. The predicted molar refractivity (Wildman–Crippen MR) is 94.6 cm³/mol. The average Bonchev–Trinajstić information content (AvgIpc) is 2.98. The molecule has 0 aliphatic rings.